The number of nitrogens with zero attached hydrogens (tertiary/aromatic N) is 5. The summed E-state index contributed by atoms with van der Waals surface area (Å²) >= 11 is 3.42. The van der Waals surface area contributed by atoms with Crippen LogP contribution in [0.15, 0.2) is 4.73 Å². The van der Waals surface area contributed by atoms with Gasteiger partial charge in [-0.1, -0.05) is 0 Å². The Bertz CT molecular complexity index is 738. The predicted molar refractivity (Wildman–Crippen MR) is 94.6 cm³/mol. The van der Waals surface area contributed by atoms with E-state index < -0.39 is 0 Å². The number of fused-ring (bicyclic) bond motifs is 1. The third kappa shape index (κ3) is 2.84. The summed E-state index contributed by atoms with van der Waals surface area (Å²) in [7, 11) is 0. The summed E-state index contributed by atoms with van der Waals surface area (Å²) in [6.07, 6.45) is 0. The maximum absolute atomic E-state index is 5.56. The van der Waals surface area contributed by atoms with Gasteiger partial charge in [-0.25, -0.2) is 4.98 Å². The molecular weight excluding hydrogens is 376 g/mol. The first-order valence-electron chi connectivity index (χ1n) is 8.25. The van der Waals surface area contributed by atoms with Crippen LogP contribution in [-0.2, 0) is 9.47 Å². The molecule has 0 spiro atoms. The molecule has 9 heteroatoms. The van der Waals surface area contributed by atoms with Gasteiger partial charge in [-0.15, -0.1) is 0 Å². The van der Waals surface area contributed by atoms with E-state index in [-0.39, 0.29) is 12.1 Å². The molecule has 0 aromatic carbocycles. The lowest BCUT2D eigenvalue weighted by Gasteiger charge is -2.36. The van der Waals surface area contributed by atoms with Crippen LogP contribution in [0.1, 0.15) is 13.8 Å². The van der Waals surface area contributed by atoms with Crippen molar-refractivity contribution in [2.45, 2.75) is 25.9 Å². The number of morpholine rings is 2. The van der Waals surface area contributed by atoms with Crippen LogP contribution in [0.4, 0.5) is 11.8 Å². The Morgan fingerprint density at radius 3 is 2.33 bits per heavy atom. The molecule has 2 atom stereocenters. The summed E-state index contributed by atoms with van der Waals surface area (Å²) in [6, 6.07) is 0.500. The number of nitrogens with one attached hydrogen (secondary N) is 1. The summed E-state index contributed by atoms with van der Waals surface area (Å²) in [5.74, 6) is 1.59. The minimum absolute atomic E-state index is 0.248. The minimum atomic E-state index is 0.248. The number of aromatic amines is 1. The maximum Gasteiger partial charge on any atom is 0.229 e. The molecule has 1 N–H and O–H groups in total. The Kier molecular flexibility index (Phi) is 4.31. The number of anilines is 2. The highest BCUT2D eigenvalue weighted by Gasteiger charge is 2.28. The normalized spacial score (nSPS) is 25.5. The number of hydrogen-bond acceptors (Lipinski definition) is 7. The standard InChI is InChI=1S/C15H21BrN6O2/c1-9-7-23-5-3-21(9)13-11-12(18-14(16)17-11)19-15(20-13)22-4-6-24-8-10(22)2/h9-10H,3-8H2,1-2H3,(H,17,18,19,20)/t9-,10+/m1/s1. The molecule has 0 radical (unpaired) electrons. The lowest BCUT2D eigenvalue weighted by Crippen LogP contribution is -2.46. The van der Waals surface area contributed by atoms with E-state index in [9.17, 15) is 0 Å². The van der Waals surface area contributed by atoms with E-state index >= 15 is 0 Å². The molecule has 0 saturated carbocycles. The highest BCUT2D eigenvalue weighted by molar-refractivity contribution is 9.10. The van der Waals surface area contributed by atoms with Gasteiger partial charge in [0.05, 0.1) is 38.5 Å². The van der Waals surface area contributed by atoms with Crippen molar-refractivity contribution >= 4 is 38.9 Å². The molecule has 2 aliphatic rings. The van der Waals surface area contributed by atoms with Crippen molar-refractivity contribution < 1.29 is 9.47 Å². The summed E-state index contributed by atoms with van der Waals surface area (Å²) < 4.78 is 11.8. The predicted octanol–water partition coefficient (Wildman–Crippen LogP) is 1.57. The fourth-order valence-corrected chi connectivity index (χ4v) is 3.61. The zero-order valence-corrected chi connectivity index (χ0v) is 15.4. The van der Waals surface area contributed by atoms with Gasteiger partial charge in [0.2, 0.25) is 5.95 Å². The summed E-state index contributed by atoms with van der Waals surface area (Å²) in [6.45, 7) is 8.65. The van der Waals surface area contributed by atoms with Crippen molar-refractivity contribution in [1.82, 2.24) is 19.9 Å². The first-order chi connectivity index (χ1) is 11.6. The summed E-state index contributed by atoms with van der Waals surface area (Å²) in [4.78, 5) is 21.8. The molecule has 0 aliphatic carbocycles. The number of imidazole rings is 1. The lowest BCUT2D eigenvalue weighted by atomic mass is 10.2. The van der Waals surface area contributed by atoms with Gasteiger partial charge in [-0.2, -0.15) is 9.97 Å². The van der Waals surface area contributed by atoms with Crippen LogP contribution in [0.5, 0.6) is 0 Å². The van der Waals surface area contributed by atoms with E-state index in [1.807, 2.05) is 0 Å². The monoisotopic (exact) mass is 396 g/mol. The first kappa shape index (κ1) is 16.0. The van der Waals surface area contributed by atoms with Crippen LogP contribution >= 0.6 is 15.9 Å². The van der Waals surface area contributed by atoms with E-state index in [2.05, 4.69) is 49.5 Å². The van der Waals surface area contributed by atoms with Gasteiger partial charge in [0, 0.05) is 13.1 Å². The zero-order valence-electron chi connectivity index (χ0n) is 13.8. The molecule has 2 aromatic heterocycles. The van der Waals surface area contributed by atoms with Gasteiger partial charge < -0.3 is 24.3 Å². The Labute approximate surface area is 148 Å². The van der Waals surface area contributed by atoms with Gasteiger partial charge in [-0.3, -0.25) is 0 Å². The second-order valence-corrected chi connectivity index (χ2v) is 7.06. The minimum Gasteiger partial charge on any atom is -0.377 e. The van der Waals surface area contributed by atoms with Gasteiger partial charge in [-0.05, 0) is 29.8 Å². The van der Waals surface area contributed by atoms with Crippen molar-refractivity contribution in [3.63, 3.8) is 0 Å². The van der Waals surface area contributed by atoms with Gasteiger partial charge >= 0.3 is 0 Å². The smallest absolute Gasteiger partial charge is 0.229 e. The topological polar surface area (TPSA) is 79.4 Å². The molecule has 2 saturated heterocycles. The molecule has 2 aromatic rings. The van der Waals surface area contributed by atoms with Gasteiger partial charge in [0.1, 0.15) is 0 Å². The molecule has 0 amide bonds. The van der Waals surface area contributed by atoms with Crippen molar-refractivity contribution in [2.24, 2.45) is 0 Å². The first-order valence-corrected chi connectivity index (χ1v) is 9.05. The van der Waals surface area contributed by atoms with Crippen LogP contribution < -0.4 is 9.80 Å². The number of H-pyrrole nitrogens is 1. The van der Waals surface area contributed by atoms with E-state index in [1.165, 1.54) is 0 Å². The molecule has 4 rings (SSSR count). The quantitative estimate of drug-likeness (QED) is 0.771. The van der Waals surface area contributed by atoms with Crippen molar-refractivity contribution in [2.75, 3.05) is 49.3 Å². The van der Waals surface area contributed by atoms with E-state index in [1.54, 1.807) is 0 Å². The maximum atomic E-state index is 5.56. The average Bonchev–Trinajstić information content (AvgIpc) is 2.95. The van der Waals surface area contributed by atoms with Gasteiger partial charge in [0.15, 0.2) is 21.7 Å². The number of ether oxygens (including phenoxy) is 2. The second-order valence-electron chi connectivity index (χ2n) is 6.31. The summed E-state index contributed by atoms with van der Waals surface area (Å²) in [5.41, 5.74) is 1.54. The fourth-order valence-electron chi connectivity index (χ4n) is 3.24. The average molecular weight is 397 g/mol. The molecule has 2 fully saturated rings. The Balaban J connectivity index is 1.81. The van der Waals surface area contributed by atoms with Crippen LogP contribution in [0, 0.1) is 0 Å². The molecule has 0 unspecified atom stereocenters. The molecule has 8 nitrogen and oxygen atoms in total. The largest absolute Gasteiger partial charge is 0.377 e. The Morgan fingerprint density at radius 1 is 1.00 bits per heavy atom. The molecule has 24 heavy (non-hydrogen) atoms. The van der Waals surface area contributed by atoms with Crippen molar-refractivity contribution in [3.8, 4) is 0 Å². The lowest BCUT2D eigenvalue weighted by molar-refractivity contribution is 0.0973. The molecule has 4 heterocycles. The van der Waals surface area contributed by atoms with Crippen molar-refractivity contribution in [3.05, 3.63) is 4.73 Å². The number of halogens is 1. The van der Waals surface area contributed by atoms with Crippen LogP contribution in [0.2, 0.25) is 0 Å². The van der Waals surface area contributed by atoms with E-state index in [0.717, 1.165) is 36.0 Å². The number of hydrogen-bond donors (Lipinski definition) is 1. The van der Waals surface area contributed by atoms with E-state index in [0.29, 0.717) is 31.2 Å². The van der Waals surface area contributed by atoms with Crippen LogP contribution in [0.25, 0.3) is 11.2 Å². The molecular formula is C15H21BrN6O2. The van der Waals surface area contributed by atoms with Crippen LogP contribution in [-0.4, -0.2) is 71.5 Å². The van der Waals surface area contributed by atoms with E-state index in [4.69, 9.17) is 19.4 Å². The Morgan fingerprint density at radius 2 is 1.67 bits per heavy atom. The Hall–Kier alpha value is -1.45. The fraction of sp³-hybridized carbons (Fsp3) is 0.667. The highest BCUT2D eigenvalue weighted by atomic mass is 79.9. The van der Waals surface area contributed by atoms with Crippen LogP contribution in [0.3, 0.4) is 0 Å². The molecule has 2 aliphatic heterocycles. The second kappa shape index (κ2) is 6.45. The van der Waals surface area contributed by atoms with Gasteiger partial charge in [0.25, 0.3) is 0 Å². The molecule has 0 bridgehead atoms. The third-order valence-corrected chi connectivity index (χ3v) is 4.93. The summed E-state index contributed by atoms with van der Waals surface area (Å²) in [5, 5.41) is 0. The molecule has 130 valence electrons. The van der Waals surface area contributed by atoms with Crippen molar-refractivity contribution in [1.29, 1.82) is 0 Å². The third-order valence-electron chi connectivity index (χ3n) is 4.55. The zero-order chi connectivity index (χ0) is 16.7. The SMILES string of the molecule is C[C@@H]1COCCN1c1nc(N2CCOC[C@@H]2C)nc2[nH]c(Br)nc12. The number of rotatable bonds is 2. The highest BCUT2D eigenvalue weighted by Crippen LogP contribution is 2.29. The number of aromatic nitrogens is 4.